The quantitative estimate of drug-likeness (QED) is 0.782. The van der Waals surface area contributed by atoms with Gasteiger partial charge in [-0.15, -0.1) is 0 Å². The van der Waals surface area contributed by atoms with E-state index in [-0.39, 0.29) is 11.3 Å². The fourth-order valence-corrected chi connectivity index (χ4v) is 3.54. The summed E-state index contributed by atoms with van der Waals surface area (Å²) in [7, 11) is 0. The van der Waals surface area contributed by atoms with Gasteiger partial charge in [-0.3, -0.25) is 9.69 Å². The molecule has 2 aliphatic rings. The van der Waals surface area contributed by atoms with E-state index in [4.69, 9.17) is 9.47 Å². The highest BCUT2D eigenvalue weighted by Crippen LogP contribution is 2.46. The number of carbonyl (C=O) groups excluding carboxylic acids is 2. The van der Waals surface area contributed by atoms with Crippen LogP contribution < -0.4 is 5.32 Å². The molecule has 24 heavy (non-hydrogen) atoms. The van der Waals surface area contributed by atoms with Gasteiger partial charge in [0.2, 0.25) is 5.91 Å². The van der Waals surface area contributed by atoms with Crippen LogP contribution >= 0.6 is 0 Å². The van der Waals surface area contributed by atoms with Crippen molar-refractivity contribution in [2.45, 2.75) is 71.4 Å². The van der Waals surface area contributed by atoms with Crippen LogP contribution in [0.15, 0.2) is 0 Å². The summed E-state index contributed by atoms with van der Waals surface area (Å²) in [6.45, 7) is 10.2. The molecule has 6 nitrogen and oxygen atoms in total. The minimum atomic E-state index is -0.558. The summed E-state index contributed by atoms with van der Waals surface area (Å²) < 4.78 is 10.9. The van der Waals surface area contributed by atoms with Crippen LogP contribution in [0.5, 0.6) is 0 Å². The Labute approximate surface area is 145 Å². The summed E-state index contributed by atoms with van der Waals surface area (Å²) >= 11 is 0. The zero-order valence-corrected chi connectivity index (χ0v) is 15.5. The molecular weight excluding hydrogens is 308 g/mol. The molecule has 0 aromatic rings. The third kappa shape index (κ3) is 4.41. The summed E-state index contributed by atoms with van der Waals surface area (Å²) in [6, 6.07) is -0.433. The van der Waals surface area contributed by atoms with Gasteiger partial charge < -0.3 is 14.8 Å². The number of nitrogens with one attached hydrogen (secondary N) is 1. The van der Waals surface area contributed by atoms with Crippen molar-refractivity contribution in [3.05, 3.63) is 0 Å². The van der Waals surface area contributed by atoms with Gasteiger partial charge in [0.1, 0.15) is 11.6 Å². The number of unbranched alkanes of at least 4 members (excludes halogenated alkanes) is 2. The van der Waals surface area contributed by atoms with Crippen LogP contribution in [0.1, 0.15) is 59.8 Å². The van der Waals surface area contributed by atoms with Gasteiger partial charge in [-0.1, -0.05) is 19.8 Å². The SMILES string of the molecule is CCCCCNC(=O)[C@H]1N(C(=O)OC(C)(C)C)CC12CCOCC2. The lowest BCUT2D eigenvalue weighted by Gasteiger charge is -2.57. The highest BCUT2D eigenvalue weighted by Gasteiger charge is 2.59. The fraction of sp³-hybridized carbons (Fsp3) is 0.889. The zero-order valence-electron chi connectivity index (χ0n) is 15.5. The smallest absolute Gasteiger partial charge is 0.411 e. The second kappa shape index (κ2) is 7.72. The van der Waals surface area contributed by atoms with E-state index in [2.05, 4.69) is 12.2 Å². The lowest BCUT2D eigenvalue weighted by molar-refractivity contribution is -0.158. The number of carbonyl (C=O) groups is 2. The van der Waals surface area contributed by atoms with Crippen molar-refractivity contribution in [2.24, 2.45) is 5.41 Å². The molecule has 2 aliphatic heterocycles. The molecule has 2 rings (SSSR count). The first-order valence-corrected chi connectivity index (χ1v) is 9.14. The maximum atomic E-state index is 12.7. The van der Waals surface area contributed by atoms with Gasteiger partial charge in [0.15, 0.2) is 0 Å². The first-order valence-electron chi connectivity index (χ1n) is 9.14. The second-order valence-electron chi connectivity index (χ2n) is 7.98. The molecule has 2 saturated heterocycles. The van der Waals surface area contributed by atoms with E-state index < -0.39 is 17.7 Å². The Bertz CT molecular complexity index is 452. The molecule has 0 aromatic heterocycles. The summed E-state index contributed by atoms with van der Waals surface area (Å²) in [4.78, 5) is 26.8. The van der Waals surface area contributed by atoms with Gasteiger partial charge in [0.05, 0.1) is 0 Å². The standard InChI is InChI=1S/C18H32N2O4/c1-5-6-7-10-19-15(21)14-18(8-11-23-12-9-18)13-20(14)16(22)24-17(2,3)4/h14H,5-13H2,1-4H3,(H,19,21)/t14-/m1/s1. The first-order chi connectivity index (χ1) is 11.3. The Hall–Kier alpha value is -1.30. The lowest BCUT2D eigenvalue weighted by Crippen LogP contribution is -2.72. The Morgan fingerprint density at radius 2 is 1.92 bits per heavy atom. The Morgan fingerprint density at radius 1 is 1.25 bits per heavy atom. The fourth-order valence-electron chi connectivity index (χ4n) is 3.54. The first kappa shape index (κ1) is 19.0. The molecule has 1 N–H and O–H groups in total. The zero-order chi connectivity index (χ0) is 17.8. The average Bonchev–Trinajstić information content (AvgIpc) is 2.48. The average molecular weight is 340 g/mol. The molecule has 1 spiro atoms. The van der Waals surface area contributed by atoms with Gasteiger partial charge in [-0.25, -0.2) is 4.79 Å². The summed E-state index contributed by atoms with van der Waals surface area (Å²) in [5.41, 5.74) is -0.707. The highest BCUT2D eigenvalue weighted by molar-refractivity contribution is 5.88. The van der Waals surface area contributed by atoms with E-state index in [1.807, 2.05) is 20.8 Å². The Morgan fingerprint density at radius 3 is 2.50 bits per heavy atom. The molecule has 0 radical (unpaired) electrons. The third-order valence-electron chi connectivity index (χ3n) is 4.82. The Kier molecular flexibility index (Phi) is 6.12. The number of nitrogens with zero attached hydrogens (tertiary/aromatic N) is 1. The molecule has 0 saturated carbocycles. The van der Waals surface area contributed by atoms with Crippen molar-refractivity contribution in [3.8, 4) is 0 Å². The van der Waals surface area contributed by atoms with Crippen LogP contribution in [0.4, 0.5) is 4.79 Å². The minimum Gasteiger partial charge on any atom is -0.444 e. The van der Waals surface area contributed by atoms with Crippen LogP contribution in [0.25, 0.3) is 0 Å². The van der Waals surface area contributed by atoms with E-state index in [1.54, 1.807) is 4.90 Å². The predicted octanol–water partition coefficient (Wildman–Crippen LogP) is 2.71. The molecule has 2 fully saturated rings. The second-order valence-corrected chi connectivity index (χ2v) is 7.98. The normalized spacial score (nSPS) is 22.8. The predicted molar refractivity (Wildman–Crippen MR) is 91.7 cm³/mol. The Balaban J connectivity index is 2.02. The molecule has 6 heteroatoms. The number of ether oxygens (including phenoxy) is 2. The van der Waals surface area contributed by atoms with E-state index in [0.29, 0.717) is 26.3 Å². The number of likely N-dealkylation sites (tertiary alicyclic amines) is 1. The van der Waals surface area contributed by atoms with Gasteiger partial charge >= 0.3 is 6.09 Å². The topological polar surface area (TPSA) is 67.9 Å². The molecule has 1 atom stereocenters. The molecule has 138 valence electrons. The van der Waals surface area contributed by atoms with E-state index in [9.17, 15) is 9.59 Å². The molecular formula is C18H32N2O4. The number of hydrogen-bond donors (Lipinski definition) is 1. The van der Waals surface area contributed by atoms with Crippen molar-refractivity contribution in [3.63, 3.8) is 0 Å². The van der Waals surface area contributed by atoms with Gasteiger partial charge in [0.25, 0.3) is 0 Å². The van der Waals surface area contributed by atoms with Gasteiger partial charge in [-0.05, 0) is 40.0 Å². The maximum Gasteiger partial charge on any atom is 0.411 e. The molecule has 2 amide bonds. The highest BCUT2D eigenvalue weighted by atomic mass is 16.6. The summed E-state index contributed by atoms with van der Waals surface area (Å²) in [5.74, 6) is -0.0508. The van der Waals surface area contributed by atoms with Crippen LogP contribution in [0, 0.1) is 5.41 Å². The summed E-state index contributed by atoms with van der Waals surface area (Å²) in [5, 5.41) is 3.01. The lowest BCUT2D eigenvalue weighted by atomic mass is 9.66. The van der Waals surface area contributed by atoms with Crippen molar-refractivity contribution < 1.29 is 19.1 Å². The van der Waals surface area contributed by atoms with E-state index >= 15 is 0 Å². The van der Waals surface area contributed by atoms with Crippen LogP contribution in [0.3, 0.4) is 0 Å². The number of hydrogen-bond acceptors (Lipinski definition) is 4. The van der Waals surface area contributed by atoms with E-state index in [1.165, 1.54) is 0 Å². The van der Waals surface area contributed by atoms with Crippen LogP contribution in [0.2, 0.25) is 0 Å². The van der Waals surface area contributed by atoms with Crippen molar-refractivity contribution in [1.29, 1.82) is 0 Å². The van der Waals surface area contributed by atoms with Gasteiger partial charge in [0, 0.05) is 31.7 Å². The monoisotopic (exact) mass is 340 g/mol. The van der Waals surface area contributed by atoms with Crippen LogP contribution in [-0.4, -0.2) is 54.8 Å². The third-order valence-corrected chi connectivity index (χ3v) is 4.82. The largest absolute Gasteiger partial charge is 0.444 e. The maximum absolute atomic E-state index is 12.7. The van der Waals surface area contributed by atoms with Gasteiger partial charge in [-0.2, -0.15) is 0 Å². The number of amides is 2. The van der Waals surface area contributed by atoms with Crippen molar-refractivity contribution in [2.75, 3.05) is 26.3 Å². The van der Waals surface area contributed by atoms with Crippen molar-refractivity contribution in [1.82, 2.24) is 10.2 Å². The number of rotatable bonds is 5. The molecule has 2 heterocycles. The molecule has 0 unspecified atom stereocenters. The minimum absolute atomic E-state index is 0.0508. The van der Waals surface area contributed by atoms with Crippen molar-refractivity contribution >= 4 is 12.0 Å². The molecule has 0 aromatic carbocycles. The van der Waals surface area contributed by atoms with Crippen LogP contribution in [-0.2, 0) is 14.3 Å². The molecule has 0 aliphatic carbocycles. The molecule has 0 bridgehead atoms. The van der Waals surface area contributed by atoms with E-state index in [0.717, 1.165) is 32.1 Å². The summed E-state index contributed by atoms with van der Waals surface area (Å²) in [6.07, 6.45) is 4.42.